The Morgan fingerprint density at radius 3 is 1.96 bits per heavy atom. The van der Waals surface area contributed by atoms with Crippen LogP contribution in [0.4, 0.5) is 5.69 Å². The quantitative estimate of drug-likeness (QED) is 0.538. The van der Waals surface area contributed by atoms with Crippen LogP contribution >= 0.6 is 0 Å². The number of ether oxygens (including phenoxy) is 1. The van der Waals surface area contributed by atoms with Crippen molar-refractivity contribution in [2.45, 2.75) is 24.8 Å². The fraction of sp³-hybridized carbons (Fsp3) is 0.211. The Hall–Kier alpha value is -3.04. The average Bonchev–Trinajstić information content (AvgIpc) is 2.67. The highest BCUT2D eigenvalue weighted by atomic mass is 32.2. The first-order chi connectivity index (χ1) is 13.1. The van der Waals surface area contributed by atoms with Gasteiger partial charge in [-0.2, -0.15) is 0 Å². The van der Waals surface area contributed by atoms with Crippen molar-refractivity contribution in [2.75, 3.05) is 12.4 Å². The first-order valence-electron chi connectivity index (χ1n) is 8.30. The van der Waals surface area contributed by atoms with E-state index in [9.17, 15) is 22.8 Å². The number of carbonyl (C=O) groups excluding carboxylic acids is 3. The first kappa shape index (κ1) is 21.3. The summed E-state index contributed by atoms with van der Waals surface area (Å²) in [6.45, 7) is 2.82. The number of Topliss-reactive ketones (excluding diaryl/α,β-unsaturated/α-hetero) is 1. The van der Waals surface area contributed by atoms with Crippen molar-refractivity contribution < 1.29 is 27.5 Å². The molecule has 2 N–H and O–H groups in total. The van der Waals surface area contributed by atoms with Gasteiger partial charge in [0.1, 0.15) is 0 Å². The molecule has 28 heavy (non-hydrogen) atoms. The number of hydrogen-bond acceptors (Lipinski definition) is 6. The van der Waals surface area contributed by atoms with Crippen molar-refractivity contribution in [3.63, 3.8) is 0 Å². The van der Waals surface area contributed by atoms with Crippen LogP contribution in [0.25, 0.3) is 0 Å². The number of ketones is 1. The SMILES string of the molecule is CNS(=O)(=O)c1ccc(C(=O)OC(C)C(=O)c2ccc(NC(C)=O)cc2)cc1. The van der Waals surface area contributed by atoms with E-state index in [4.69, 9.17) is 4.74 Å². The van der Waals surface area contributed by atoms with Crippen molar-refractivity contribution in [2.24, 2.45) is 0 Å². The van der Waals surface area contributed by atoms with Crippen LogP contribution < -0.4 is 10.0 Å². The predicted octanol–water partition coefficient (Wildman–Crippen LogP) is 1.98. The Morgan fingerprint density at radius 1 is 0.929 bits per heavy atom. The smallest absolute Gasteiger partial charge is 0.338 e. The molecule has 0 saturated carbocycles. The first-order valence-corrected chi connectivity index (χ1v) is 9.79. The molecular weight excluding hydrogens is 384 g/mol. The van der Waals surface area contributed by atoms with Crippen LogP contribution in [-0.4, -0.2) is 39.2 Å². The largest absolute Gasteiger partial charge is 0.451 e. The summed E-state index contributed by atoms with van der Waals surface area (Å²) >= 11 is 0. The fourth-order valence-electron chi connectivity index (χ4n) is 2.33. The van der Waals surface area contributed by atoms with E-state index in [2.05, 4.69) is 10.0 Å². The number of rotatable bonds is 7. The van der Waals surface area contributed by atoms with Crippen LogP contribution in [-0.2, 0) is 19.6 Å². The minimum absolute atomic E-state index is 0.00920. The van der Waals surface area contributed by atoms with Gasteiger partial charge in [-0.05, 0) is 62.5 Å². The molecule has 148 valence electrons. The summed E-state index contributed by atoms with van der Waals surface area (Å²) in [5.41, 5.74) is 0.992. The van der Waals surface area contributed by atoms with Crippen LogP contribution in [0.5, 0.6) is 0 Å². The van der Waals surface area contributed by atoms with Gasteiger partial charge in [-0.1, -0.05) is 0 Å². The maximum atomic E-state index is 12.4. The molecule has 0 fully saturated rings. The molecule has 0 saturated heterocycles. The minimum Gasteiger partial charge on any atom is -0.451 e. The van der Waals surface area contributed by atoms with Gasteiger partial charge < -0.3 is 10.1 Å². The van der Waals surface area contributed by atoms with Crippen LogP contribution in [0.15, 0.2) is 53.4 Å². The molecule has 0 aromatic heterocycles. The molecule has 0 radical (unpaired) electrons. The standard InChI is InChI=1S/C19H20N2O6S/c1-12(18(23)14-4-8-16(9-5-14)21-13(2)22)27-19(24)15-6-10-17(11-7-15)28(25,26)20-3/h4-12,20H,1-3H3,(H,21,22). The zero-order valence-corrected chi connectivity index (χ0v) is 16.4. The summed E-state index contributed by atoms with van der Waals surface area (Å²) in [6, 6.07) is 11.4. The Bertz CT molecular complexity index is 982. The molecule has 8 nitrogen and oxygen atoms in total. The number of hydrogen-bond donors (Lipinski definition) is 2. The van der Waals surface area contributed by atoms with E-state index in [0.29, 0.717) is 11.3 Å². The number of sulfonamides is 1. The van der Waals surface area contributed by atoms with Crippen LogP contribution in [0.1, 0.15) is 34.6 Å². The van der Waals surface area contributed by atoms with Gasteiger partial charge in [-0.15, -0.1) is 0 Å². The molecule has 2 rings (SSSR count). The lowest BCUT2D eigenvalue weighted by Gasteiger charge is -2.13. The van der Waals surface area contributed by atoms with Crippen LogP contribution in [0, 0.1) is 0 Å². The maximum Gasteiger partial charge on any atom is 0.338 e. The van der Waals surface area contributed by atoms with Gasteiger partial charge >= 0.3 is 5.97 Å². The maximum absolute atomic E-state index is 12.4. The highest BCUT2D eigenvalue weighted by Gasteiger charge is 2.21. The molecule has 1 unspecified atom stereocenters. The van der Waals surface area contributed by atoms with Crippen LogP contribution in [0.3, 0.4) is 0 Å². The highest BCUT2D eigenvalue weighted by molar-refractivity contribution is 7.89. The molecule has 0 bridgehead atoms. The molecule has 0 aliphatic rings. The Morgan fingerprint density at radius 2 is 1.46 bits per heavy atom. The summed E-state index contributed by atoms with van der Waals surface area (Å²) in [7, 11) is -2.32. The van der Waals surface area contributed by atoms with Gasteiger partial charge in [0.05, 0.1) is 10.5 Å². The normalized spacial score (nSPS) is 12.1. The monoisotopic (exact) mass is 404 g/mol. The Kier molecular flexibility index (Phi) is 6.66. The second-order valence-corrected chi connectivity index (χ2v) is 7.79. The summed E-state index contributed by atoms with van der Waals surface area (Å²) in [5, 5.41) is 2.59. The number of nitrogens with one attached hydrogen (secondary N) is 2. The lowest BCUT2D eigenvalue weighted by atomic mass is 10.1. The van der Waals surface area contributed by atoms with E-state index < -0.39 is 27.9 Å². The highest BCUT2D eigenvalue weighted by Crippen LogP contribution is 2.15. The molecule has 2 aromatic carbocycles. The van der Waals surface area contributed by atoms with Gasteiger partial charge in [-0.3, -0.25) is 9.59 Å². The molecule has 0 spiro atoms. The molecule has 0 heterocycles. The zero-order valence-electron chi connectivity index (χ0n) is 15.6. The topological polar surface area (TPSA) is 119 Å². The molecule has 0 aliphatic heterocycles. The number of esters is 1. The molecule has 9 heteroatoms. The summed E-state index contributed by atoms with van der Waals surface area (Å²) in [4.78, 5) is 35.7. The molecule has 2 aromatic rings. The van der Waals surface area contributed by atoms with Crippen molar-refractivity contribution >= 4 is 33.4 Å². The predicted molar refractivity (Wildman–Crippen MR) is 103 cm³/mol. The van der Waals surface area contributed by atoms with Gasteiger partial charge in [0, 0.05) is 18.2 Å². The van der Waals surface area contributed by atoms with E-state index in [1.807, 2.05) is 0 Å². The Balaban J connectivity index is 2.05. The van der Waals surface area contributed by atoms with Gasteiger partial charge in [0.25, 0.3) is 0 Å². The average molecular weight is 404 g/mol. The van der Waals surface area contributed by atoms with Gasteiger partial charge in [0.15, 0.2) is 6.10 Å². The second kappa shape index (κ2) is 8.77. The van der Waals surface area contributed by atoms with E-state index in [0.717, 1.165) is 0 Å². The van der Waals surface area contributed by atoms with Crippen molar-refractivity contribution in [3.05, 3.63) is 59.7 Å². The number of carbonyl (C=O) groups is 3. The molecule has 0 aliphatic carbocycles. The third kappa shape index (κ3) is 5.24. The zero-order chi connectivity index (χ0) is 20.9. The second-order valence-electron chi connectivity index (χ2n) is 5.90. The number of anilines is 1. The summed E-state index contributed by atoms with van der Waals surface area (Å²) in [5.74, 6) is -1.38. The number of benzene rings is 2. The minimum atomic E-state index is -3.61. The summed E-state index contributed by atoms with van der Waals surface area (Å²) in [6.07, 6.45) is -1.04. The van der Waals surface area contributed by atoms with E-state index in [-0.39, 0.29) is 16.4 Å². The third-order valence-electron chi connectivity index (χ3n) is 3.81. The van der Waals surface area contributed by atoms with E-state index in [1.54, 1.807) is 12.1 Å². The lowest BCUT2D eigenvalue weighted by molar-refractivity contribution is -0.114. The molecule has 1 amide bonds. The number of amides is 1. The molecular formula is C19H20N2O6S. The van der Waals surface area contributed by atoms with Gasteiger partial charge in [0.2, 0.25) is 21.7 Å². The third-order valence-corrected chi connectivity index (χ3v) is 5.24. The van der Waals surface area contributed by atoms with E-state index >= 15 is 0 Å². The van der Waals surface area contributed by atoms with E-state index in [1.165, 1.54) is 57.3 Å². The van der Waals surface area contributed by atoms with Crippen molar-refractivity contribution in [3.8, 4) is 0 Å². The van der Waals surface area contributed by atoms with Gasteiger partial charge in [-0.25, -0.2) is 17.9 Å². The van der Waals surface area contributed by atoms with Crippen LogP contribution in [0.2, 0.25) is 0 Å². The Labute approximate surface area is 163 Å². The van der Waals surface area contributed by atoms with Crippen molar-refractivity contribution in [1.29, 1.82) is 0 Å². The lowest BCUT2D eigenvalue weighted by Crippen LogP contribution is -2.24. The fourth-order valence-corrected chi connectivity index (χ4v) is 3.06. The summed E-state index contributed by atoms with van der Waals surface area (Å²) < 4.78 is 30.7. The van der Waals surface area contributed by atoms with Crippen molar-refractivity contribution in [1.82, 2.24) is 4.72 Å². The molecule has 1 atom stereocenters.